The minimum atomic E-state index is -0.416. The second-order valence-electron chi connectivity index (χ2n) is 9.60. The fourth-order valence-corrected chi connectivity index (χ4v) is 4.91. The maximum Gasteiger partial charge on any atom is 0.309 e. The van der Waals surface area contributed by atoms with Gasteiger partial charge in [0.25, 0.3) is 0 Å². The van der Waals surface area contributed by atoms with Crippen LogP contribution < -0.4 is 0 Å². The van der Waals surface area contributed by atoms with Crippen LogP contribution in [0, 0.1) is 17.8 Å². The molecule has 0 saturated heterocycles. The van der Waals surface area contributed by atoms with Crippen LogP contribution in [-0.2, 0) is 19.1 Å². The Kier molecular flexibility index (Phi) is 11.1. The molecule has 0 aromatic rings. The van der Waals surface area contributed by atoms with Gasteiger partial charge in [-0.15, -0.1) is 0 Å². The number of ether oxygens (including phenoxy) is 2. The number of unbranched alkanes of at least 4 members (excludes halogenated alkanes) is 2. The largest absolute Gasteiger partial charge is 0.462 e. The van der Waals surface area contributed by atoms with Crippen molar-refractivity contribution < 1.29 is 19.1 Å². The molecule has 0 radical (unpaired) electrons. The molecule has 0 spiro atoms. The van der Waals surface area contributed by atoms with Crippen molar-refractivity contribution >= 4 is 11.9 Å². The first-order valence-corrected chi connectivity index (χ1v) is 12.4. The molecule has 1 atom stereocenters. The fourth-order valence-electron chi connectivity index (χ4n) is 4.91. The van der Waals surface area contributed by atoms with Gasteiger partial charge in [0.05, 0.1) is 12.3 Å². The Balaban J connectivity index is 1.61. The predicted octanol–water partition coefficient (Wildman–Crippen LogP) is 6.60. The van der Waals surface area contributed by atoms with Gasteiger partial charge in [-0.1, -0.05) is 59.3 Å². The lowest BCUT2D eigenvalue weighted by Gasteiger charge is -2.29. The number of hydrogen-bond donors (Lipinski definition) is 0. The van der Waals surface area contributed by atoms with Gasteiger partial charge in [-0.05, 0) is 63.2 Å². The van der Waals surface area contributed by atoms with Crippen LogP contribution in [0.2, 0.25) is 0 Å². The normalized spacial score (nSPS) is 28.5. The third-order valence-electron chi connectivity index (χ3n) is 6.98. The molecule has 1 unspecified atom stereocenters. The Labute approximate surface area is 178 Å². The highest BCUT2D eigenvalue weighted by molar-refractivity contribution is 5.79. The molecule has 0 aromatic carbocycles. The molecule has 4 heteroatoms. The lowest BCUT2D eigenvalue weighted by molar-refractivity contribution is -0.162. The van der Waals surface area contributed by atoms with Gasteiger partial charge in [-0.25, -0.2) is 0 Å². The molecular weight excluding hydrogens is 364 g/mol. The van der Waals surface area contributed by atoms with Crippen LogP contribution in [0.1, 0.15) is 117 Å². The van der Waals surface area contributed by atoms with Crippen molar-refractivity contribution in [2.75, 3.05) is 0 Å². The Bertz CT molecular complexity index is 473. The molecule has 2 saturated carbocycles. The van der Waals surface area contributed by atoms with E-state index in [-0.39, 0.29) is 30.6 Å². The monoisotopic (exact) mass is 408 g/mol. The summed E-state index contributed by atoms with van der Waals surface area (Å²) in [6, 6.07) is 0. The molecular formula is C25H44O4. The Morgan fingerprint density at radius 2 is 1.21 bits per heavy atom. The van der Waals surface area contributed by atoms with E-state index in [1.807, 2.05) is 0 Å². The molecule has 168 valence electrons. The van der Waals surface area contributed by atoms with Gasteiger partial charge in [0.1, 0.15) is 12.2 Å². The van der Waals surface area contributed by atoms with Gasteiger partial charge in [0.2, 0.25) is 0 Å². The van der Waals surface area contributed by atoms with Crippen LogP contribution >= 0.6 is 0 Å². The fraction of sp³-hybridized carbons (Fsp3) is 0.920. The number of hydrogen-bond acceptors (Lipinski definition) is 4. The zero-order valence-electron chi connectivity index (χ0n) is 19.1. The van der Waals surface area contributed by atoms with Gasteiger partial charge < -0.3 is 9.47 Å². The summed E-state index contributed by atoms with van der Waals surface area (Å²) < 4.78 is 11.4. The second kappa shape index (κ2) is 13.3. The molecule has 0 aliphatic heterocycles. The van der Waals surface area contributed by atoms with E-state index in [0.717, 1.165) is 63.2 Å². The highest BCUT2D eigenvalue weighted by Gasteiger charge is 2.28. The van der Waals surface area contributed by atoms with Crippen LogP contribution in [0.4, 0.5) is 0 Å². The molecule has 0 amide bonds. The molecule has 2 aliphatic carbocycles. The zero-order valence-corrected chi connectivity index (χ0v) is 19.1. The Hall–Kier alpha value is -1.06. The smallest absolute Gasteiger partial charge is 0.309 e. The van der Waals surface area contributed by atoms with Gasteiger partial charge >= 0.3 is 11.9 Å². The van der Waals surface area contributed by atoms with Crippen molar-refractivity contribution in [2.24, 2.45) is 17.8 Å². The van der Waals surface area contributed by atoms with Crippen LogP contribution in [0.5, 0.6) is 0 Å². The van der Waals surface area contributed by atoms with Crippen molar-refractivity contribution in [2.45, 2.75) is 129 Å². The van der Waals surface area contributed by atoms with E-state index in [4.69, 9.17) is 9.47 Å². The highest BCUT2D eigenvalue weighted by atomic mass is 16.6. The topological polar surface area (TPSA) is 52.6 Å². The molecule has 2 rings (SSSR count). The van der Waals surface area contributed by atoms with Gasteiger partial charge in [-0.2, -0.15) is 0 Å². The van der Waals surface area contributed by atoms with Crippen molar-refractivity contribution in [1.82, 2.24) is 0 Å². The molecule has 2 fully saturated rings. The van der Waals surface area contributed by atoms with E-state index in [9.17, 15) is 9.59 Å². The van der Waals surface area contributed by atoms with E-state index in [2.05, 4.69) is 13.8 Å². The summed E-state index contributed by atoms with van der Waals surface area (Å²) in [5.41, 5.74) is 0. The quantitative estimate of drug-likeness (QED) is 0.362. The van der Waals surface area contributed by atoms with E-state index < -0.39 is 5.92 Å². The summed E-state index contributed by atoms with van der Waals surface area (Å²) >= 11 is 0. The number of carbonyl (C=O) groups excluding carboxylic acids is 2. The van der Waals surface area contributed by atoms with Crippen molar-refractivity contribution in [1.29, 1.82) is 0 Å². The third kappa shape index (κ3) is 9.09. The van der Waals surface area contributed by atoms with Crippen molar-refractivity contribution in [3.05, 3.63) is 0 Å². The first-order valence-electron chi connectivity index (χ1n) is 12.4. The van der Waals surface area contributed by atoms with Gasteiger partial charge in [-0.3, -0.25) is 9.59 Å². The van der Waals surface area contributed by atoms with Crippen molar-refractivity contribution in [3.63, 3.8) is 0 Å². The van der Waals surface area contributed by atoms with Crippen LogP contribution in [0.3, 0.4) is 0 Å². The summed E-state index contributed by atoms with van der Waals surface area (Å²) in [5, 5.41) is 0. The summed E-state index contributed by atoms with van der Waals surface area (Å²) in [5.74, 6) is 0.711. The first kappa shape index (κ1) is 24.2. The van der Waals surface area contributed by atoms with Crippen LogP contribution in [0.25, 0.3) is 0 Å². The predicted molar refractivity (Wildman–Crippen MR) is 117 cm³/mol. The van der Waals surface area contributed by atoms with Crippen molar-refractivity contribution in [3.8, 4) is 0 Å². The van der Waals surface area contributed by atoms with Crippen LogP contribution in [-0.4, -0.2) is 24.1 Å². The summed E-state index contributed by atoms with van der Waals surface area (Å²) in [7, 11) is 0. The maximum atomic E-state index is 12.4. The standard InChI is InChI=1S/C25H44O4/c1-4-6-8-20-10-14-22(15-11-20)28-24(26)18-19(3)25(27)29-23-16-12-21(13-17-23)9-7-5-2/h19-23H,4-18H2,1-3H3. The maximum absolute atomic E-state index is 12.4. The Morgan fingerprint density at radius 3 is 1.66 bits per heavy atom. The third-order valence-corrected chi connectivity index (χ3v) is 6.98. The molecule has 0 bridgehead atoms. The average Bonchev–Trinajstić information content (AvgIpc) is 2.72. The SMILES string of the molecule is CCCCC1CCC(OC(=O)CC(C)C(=O)OC2CCC(CCCC)CC2)CC1. The van der Waals surface area contributed by atoms with Gasteiger partial charge in [0.15, 0.2) is 0 Å². The van der Waals surface area contributed by atoms with E-state index in [1.54, 1.807) is 6.92 Å². The van der Waals surface area contributed by atoms with E-state index >= 15 is 0 Å². The first-order chi connectivity index (χ1) is 14.0. The van der Waals surface area contributed by atoms with E-state index in [0.29, 0.717) is 0 Å². The molecule has 4 nitrogen and oxygen atoms in total. The average molecular weight is 409 g/mol. The number of carbonyl (C=O) groups is 2. The van der Waals surface area contributed by atoms with Gasteiger partial charge in [0, 0.05) is 0 Å². The number of rotatable bonds is 11. The highest BCUT2D eigenvalue weighted by Crippen LogP contribution is 2.31. The molecule has 0 heterocycles. The molecule has 29 heavy (non-hydrogen) atoms. The summed E-state index contributed by atoms with van der Waals surface area (Å²) in [6.45, 7) is 6.26. The Morgan fingerprint density at radius 1 is 0.759 bits per heavy atom. The minimum absolute atomic E-state index is 0.0391. The summed E-state index contributed by atoms with van der Waals surface area (Å²) in [6.07, 6.45) is 16.5. The lowest BCUT2D eigenvalue weighted by Crippen LogP contribution is -2.29. The molecule has 0 N–H and O–H groups in total. The van der Waals surface area contributed by atoms with E-state index in [1.165, 1.54) is 38.5 Å². The summed E-state index contributed by atoms with van der Waals surface area (Å²) in [4.78, 5) is 24.7. The molecule has 2 aliphatic rings. The molecule has 0 aromatic heterocycles. The van der Waals surface area contributed by atoms with Crippen LogP contribution in [0.15, 0.2) is 0 Å². The minimum Gasteiger partial charge on any atom is -0.462 e. The lowest BCUT2D eigenvalue weighted by atomic mass is 9.84. The second-order valence-corrected chi connectivity index (χ2v) is 9.60. The number of esters is 2. The zero-order chi connectivity index (χ0) is 21.1.